The molecule has 2 rings (SSSR count). The van der Waals surface area contributed by atoms with Crippen molar-refractivity contribution in [2.75, 3.05) is 40.0 Å². The number of morpholine rings is 1. The minimum absolute atomic E-state index is 0.116. The number of rotatable bonds is 4. The van der Waals surface area contributed by atoms with E-state index in [4.69, 9.17) is 9.47 Å². The van der Waals surface area contributed by atoms with E-state index in [-0.39, 0.29) is 6.54 Å². The molecule has 0 aromatic rings. The molecule has 144 valence electrons. The zero-order valence-electron chi connectivity index (χ0n) is 14.6. The van der Waals surface area contributed by atoms with Crippen LogP contribution in [0.3, 0.4) is 0 Å². The molecular formula is C16H22N2O8. The Morgan fingerprint density at radius 3 is 2.31 bits per heavy atom. The van der Waals surface area contributed by atoms with Crippen LogP contribution in [-0.4, -0.2) is 96.9 Å². The SMILES string of the molecule is COC(=O)/C=C/C(=O)O[C@H]1CN(C(C)=O)[C@H](C(=O)N2CCOCC2)[C@@H]1O. The highest BCUT2D eigenvalue weighted by Gasteiger charge is 2.49. The molecule has 2 saturated heterocycles. The minimum Gasteiger partial charge on any atom is -0.466 e. The van der Waals surface area contributed by atoms with Crippen molar-refractivity contribution in [3.05, 3.63) is 12.2 Å². The van der Waals surface area contributed by atoms with Gasteiger partial charge in [-0.1, -0.05) is 0 Å². The summed E-state index contributed by atoms with van der Waals surface area (Å²) in [5.74, 6) is -2.46. The van der Waals surface area contributed by atoms with Crippen molar-refractivity contribution < 1.29 is 38.5 Å². The van der Waals surface area contributed by atoms with Gasteiger partial charge in [0.25, 0.3) is 0 Å². The Hall–Kier alpha value is -2.46. The van der Waals surface area contributed by atoms with Gasteiger partial charge >= 0.3 is 11.9 Å². The lowest BCUT2D eigenvalue weighted by atomic mass is 10.1. The Labute approximate surface area is 150 Å². The monoisotopic (exact) mass is 370 g/mol. The normalized spacial score (nSPS) is 26.0. The molecule has 0 bridgehead atoms. The third-order valence-electron chi connectivity index (χ3n) is 4.22. The summed E-state index contributed by atoms with van der Waals surface area (Å²) in [5, 5.41) is 10.5. The molecule has 0 radical (unpaired) electrons. The van der Waals surface area contributed by atoms with Gasteiger partial charge in [-0.3, -0.25) is 9.59 Å². The predicted octanol–water partition coefficient (Wildman–Crippen LogP) is -1.92. The number of esters is 2. The fraction of sp³-hybridized carbons (Fsp3) is 0.625. The van der Waals surface area contributed by atoms with E-state index in [0.717, 1.165) is 19.3 Å². The number of hydrogen-bond acceptors (Lipinski definition) is 8. The molecule has 10 nitrogen and oxygen atoms in total. The number of aliphatic hydroxyl groups excluding tert-OH is 1. The van der Waals surface area contributed by atoms with Crippen LogP contribution in [0.25, 0.3) is 0 Å². The summed E-state index contributed by atoms with van der Waals surface area (Å²) in [7, 11) is 1.16. The molecule has 1 N–H and O–H groups in total. The van der Waals surface area contributed by atoms with Gasteiger partial charge < -0.3 is 29.1 Å². The molecule has 2 aliphatic heterocycles. The molecule has 26 heavy (non-hydrogen) atoms. The van der Waals surface area contributed by atoms with Crippen molar-refractivity contribution in [1.29, 1.82) is 0 Å². The highest BCUT2D eigenvalue weighted by Crippen LogP contribution is 2.24. The molecule has 10 heteroatoms. The van der Waals surface area contributed by atoms with Gasteiger partial charge in [-0.15, -0.1) is 0 Å². The Bertz CT molecular complexity index is 599. The number of likely N-dealkylation sites (tertiary alicyclic amines) is 1. The van der Waals surface area contributed by atoms with E-state index in [0.29, 0.717) is 26.3 Å². The summed E-state index contributed by atoms with van der Waals surface area (Å²) in [4.78, 5) is 50.1. The van der Waals surface area contributed by atoms with Gasteiger partial charge in [0, 0.05) is 32.2 Å². The van der Waals surface area contributed by atoms with Crippen LogP contribution in [0.1, 0.15) is 6.92 Å². The number of carbonyl (C=O) groups excluding carboxylic acids is 4. The number of nitrogens with zero attached hydrogens (tertiary/aromatic N) is 2. The van der Waals surface area contributed by atoms with E-state index in [1.165, 1.54) is 16.7 Å². The van der Waals surface area contributed by atoms with E-state index in [9.17, 15) is 24.3 Å². The van der Waals surface area contributed by atoms with Crippen molar-refractivity contribution in [3.63, 3.8) is 0 Å². The van der Waals surface area contributed by atoms with Gasteiger partial charge in [-0.25, -0.2) is 9.59 Å². The van der Waals surface area contributed by atoms with Crippen LogP contribution in [0.4, 0.5) is 0 Å². The number of aliphatic hydroxyl groups is 1. The molecule has 0 aliphatic carbocycles. The average Bonchev–Trinajstić information content (AvgIpc) is 2.96. The molecule has 0 saturated carbocycles. The maximum atomic E-state index is 12.7. The molecule has 0 aromatic carbocycles. The molecule has 2 aliphatic rings. The lowest BCUT2D eigenvalue weighted by Gasteiger charge is -2.32. The fourth-order valence-electron chi connectivity index (χ4n) is 2.88. The molecule has 3 atom stereocenters. The topological polar surface area (TPSA) is 123 Å². The summed E-state index contributed by atoms with van der Waals surface area (Å²) in [5.41, 5.74) is 0. The number of carbonyl (C=O) groups is 4. The Morgan fingerprint density at radius 1 is 1.12 bits per heavy atom. The van der Waals surface area contributed by atoms with Crippen molar-refractivity contribution in [2.45, 2.75) is 25.2 Å². The van der Waals surface area contributed by atoms with Crippen molar-refractivity contribution in [1.82, 2.24) is 9.80 Å². The average molecular weight is 370 g/mol. The second kappa shape index (κ2) is 8.77. The van der Waals surface area contributed by atoms with E-state index >= 15 is 0 Å². The minimum atomic E-state index is -1.37. The number of ether oxygens (including phenoxy) is 3. The number of methoxy groups -OCH3 is 1. The predicted molar refractivity (Wildman–Crippen MR) is 85.6 cm³/mol. The standard InChI is InChI=1S/C16H22N2O8/c1-10(19)18-9-11(26-13(21)4-3-12(20)24-2)15(22)14(18)16(23)17-5-7-25-8-6-17/h3-4,11,14-15,22H,5-9H2,1-2H3/b4-3+/t11-,14-,15+/m0/s1. The van der Waals surface area contributed by atoms with Crippen LogP contribution >= 0.6 is 0 Å². The van der Waals surface area contributed by atoms with E-state index < -0.39 is 42.0 Å². The van der Waals surface area contributed by atoms with Gasteiger partial charge in [0.2, 0.25) is 11.8 Å². The Kier molecular flexibility index (Phi) is 6.70. The quantitative estimate of drug-likeness (QED) is 0.449. The Morgan fingerprint density at radius 2 is 1.73 bits per heavy atom. The lowest BCUT2D eigenvalue weighted by Crippen LogP contribution is -2.54. The third kappa shape index (κ3) is 4.58. The Balaban J connectivity index is 2.07. The summed E-state index contributed by atoms with van der Waals surface area (Å²) in [6.07, 6.45) is -0.718. The van der Waals surface area contributed by atoms with Crippen LogP contribution in [0, 0.1) is 0 Å². The molecule has 0 unspecified atom stereocenters. The van der Waals surface area contributed by atoms with Crippen LogP contribution in [0.5, 0.6) is 0 Å². The van der Waals surface area contributed by atoms with Crippen molar-refractivity contribution >= 4 is 23.8 Å². The molecule has 0 spiro atoms. The second-order valence-electron chi connectivity index (χ2n) is 5.88. The number of hydrogen-bond donors (Lipinski definition) is 1. The molecule has 2 fully saturated rings. The third-order valence-corrected chi connectivity index (χ3v) is 4.22. The van der Waals surface area contributed by atoms with Crippen LogP contribution in [0.15, 0.2) is 12.2 Å². The first-order chi connectivity index (χ1) is 12.3. The van der Waals surface area contributed by atoms with Gasteiger partial charge in [0.15, 0.2) is 0 Å². The smallest absolute Gasteiger partial charge is 0.331 e. The summed E-state index contributed by atoms with van der Waals surface area (Å²) in [6, 6.07) is -1.13. The molecule has 2 amide bonds. The first kappa shape index (κ1) is 19.9. The van der Waals surface area contributed by atoms with E-state index in [1.807, 2.05) is 0 Å². The summed E-state index contributed by atoms with van der Waals surface area (Å²) >= 11 is 0. The second-order valence-corrected chi connectivity index (χ2v) is 5.88. The van der Waals surface area contributed by atoms with Crippen LogP contribution < -0.4 is 0 Å². The molecule has 0 aromatic heterocycles. The molecule has 2 heterocycles. The molecular weight excluding hydrogens is 348 g/mol. The highest BCUT2D eigenvalue weighted by atomic mass is 16.6. The zero-order chi connectivity index (χ0) is 19.3. The maximum absolute atomic E-state index is 12.7. The fourth-order valence-corrected chi connectivity index (χ4v) is 2.88. The highest BCUT2D eigenvalue weighted by molar-refractivity contribution is 5.92. The van der Waals surface area contributed by atoms with Crippen LogP contribution in [-0.2, 0) is 33.4 Å². The van der Waals surface area contributed by atoms with Crippen LogP contribution in [0.2, 0.25) is 0 Å². The lowest BCUT2D eigenvalue weighted by molar-refractivity contribution is -0.151. The zero-order valence-corrected chi connectivity index (χ0v) is 14.6. The van der Waals surface area contributed by atoms with E-state index in [1.54, 1.807) is 0 Å². The van der Waals surface area contributed by atoms with Crippen molar-refractivity contribution in [2.24, 2.45) is 0 Å². The van der Waals surface area contributed by atoms with Gasteiger partial charge in [0.05, 0.1) is 26.9 Å². The first-order valence-corrected chi connectivity index (χ1v) is 8.13. The van der Waals surface area contributed by atoms with Gasteiger partial charge in [-0.2, -0.15) is 0 Å². The van der Waals surface area contributed by atoms with E-state index in [2.05, 4.69) is 4.74 Å². The number of amides is 2. The maximum Gasteiger partial charge on any atom is 0.331 e. The first-order valence-electron chi connectivity index (χ1n) is 8.13. The largest absolute Gasteiger partial charge is 0.466 e. The summed E-state index contributed by atoms with van der Waals surface area (Å²) in [6.45, 7) is 2.64. The van der Waals surface area contributed by atoms with Gasteiger partial charge in [0.1, 0.15) is 18.2 Å². The van der Waals surface area contributed by atoms with Crippen molar-refractivity contribution in [3.8, 4) is 0 Å². The summed E-state index contributed by atoms with van der Waals surface area (Å²) < 4.78 is 14.6. The van der Waals surface area contributed by atoms with Gasteiger partial charge in [-0.05, 0) is 0 Å².